The first kappa shape index (κ1) is 22.1. The smallest absolute Gasteiger partial charge is 0.251 e. The van der Waals surface area contributed by atoms with Gasteiger partial charge in [0.2, 0.25) is 5.91 Å². The number of rotatable bonds is 7. The summed E-state index contributed by atoms with van der Waals surface area (Å²) in [5, 5.41) is 14.9. The zero-order valence-electron chi connectivity index (χ0n) is 16.2. The van der Waals surface area contributed by atoms with Crippen molar-refractivity contribution in [3.63, 3.8) is 0 Å². The second-order valence-electron chi connectivity index (χ2n) is 6.51. The van der Waals surface area contributed by atoms with Crippen LogP contribution < -0.4 is 10.6 Å². The minimum atomic E-state index is -0.270. The first-order valence-corrected chi connectivity index (χ1v) is 10.7. The number of aromatic nitrogens is 3. The highest BCUT2D eigenvalue weighted by molar-refractivity contribution is 7.99. The molecule has 1 atom stereocenters. The number of thioether (sulfide) groups is 1. The van der Waals surface area contributed by atoms with Gasteiger partial charge in [0.25, 0.3) is 5.91 Å². The Balaban J connectivity index is 1.59. The topological polar surface area (TPSA) is 88.9 Å². The number of anilines is 1. The molecule has 1 unspecified atom stereocenters. The van der Waals surface area contributed by atoms with E-state index in [1.165, 1.54) is 11.8 Å². The van der Waals surface area contributed by atoms with E-state index < -0.39 is 0 Å². The van der Waals surface area contributed by atoms with E-state index in [2.05, 4.69) is 20.8 Å². The maximum atomic E-state index is 12.6. The van der Waals surface area contributed by atoms with Crippen LogP contribution in [0.1, 0.15) is 28.9 Å². The zero-order chi connectivity index (χ0) is 21.7. The molecule has 0 aliphatic rings. The van der Waals surface area contributed by atoms with E-state index in [0.29, 0.717) is 26.5 Å². The predicted octanol–water partition coefficient (Wildman–Crippen LogP) is 4.34. The SMILES string of the molecule is CC(NC(=O)c1cccc(NC(=O)CSc2nncn2C)c1)c1ccc(Cl)c(Cl)c1. The second kappa shape index (κ2) is 9.97. The average Bonchev–Trinajstić information content (AvgIpc) is 3.13. The normalized spacial score (nSPS) is 11.7. The molecule has 0 aliphatic heterocycles. The Morgan fingerprint density at radius 1 is 1.17 bits per heavy atom. The zero-order valence-corrected chi connectivity index (χ0v) is 18.6. The molecule has 0 aliphatic carbocycles. The number of aryl methyl sites for hydroxylation is 1. The number of amides is 2. The van der Waals surface area contributed by atoms with Crippen molar-refractivity contribution in [2.75, 3.05) is 11.1 Å². The third-order valence-electron chi connectivity index (χ3n) is 4.20. The standard InChI is InChI=1S/C20H19Cl2N5O2S/c1-12(13-6-7-16(21)17(22)9-13)24-19(29)14-4-3-5-15(8-14)25-18(28)10-30-20-26-23-11-27(20)2/h3-9,11-12H,10H2,1-2H3,(H,24,29)(H,25,28). The summed E-state index contributed by atoms with van der Waals surface area (Å²) in [7, 11) is 1.81. The Hall–Kier alpha value is -2.55. The lowest BCUT2D eigenvalue weighted by Crippen LogP contribution is -2.26. The van der Waals surface area contributed by atoms with Crippen molar-refractivity contribution in [1.82, 2.24) is 20.1 Å². The highest BCUT2D eigenvalue weighted by atomic mass is 35.5. The van der Waals surface area contributed by atoms with Crippen molar-refractivity contribution in [1.29, 1.82) is 0 Å². The first-order valence-electron chi connectivity index (χ1n) is 8.96. The number of benzene rings is 2. The van der Waals surface area contributed by atoms with Gasteiger partial charge in [-0.2, -0.15) is 0 Å². The number of hydrogen-bond donors (Lipinski definition) is 2. The molecule has 3 rings (SSSR count). The fourth-order valence-electron chi connectivity index (χ4n) is 2.61. The number of halogens is 2. The van der Waals surface area contributed by atoms with Crippen LogP contribution in [-0.2, 0) is 11.8 Å². The maximum absolute atomic E-state index is 12.6. The molecular weight excluding hydrogens is 445 g/mol. The molecule has 0 saturated heterocycles. The van der Waals surface area contributed by atoms with Crippen molar-refractivity contribution in [2.45, 2.75) is 18.1 Å². The summed E-state index contributed by atoms with van der Waals surface area (Å²) in [5.41, 5.74) is 1.80. The maximum Gasteiger partial charge on any atom is 0.251 e. The van der Waals surface area contributed by atoms with Crippen molar-refractivity contribution in [2.24, 2.45) is 7.05 Å². The lowest BCUT2D eigenvalue weighted by Gasteiger charge is -2.15. The number of nitrogens with zero attached hydrogens (tertiary/aromatic N) is 3. The van der Waals surface area contributed by atoms with Gasteiger partial charge in [-0.15, -0.1) is 10.2 Å². The Bertz CT molecular complexity index is 1070. The summed E-state index contributed by atoms with van der Waals surface area (Å²) in [6.45, 7) is 1.85. The molecule has 7 nitrogen and oxygen atoms in total. The van der Waals surface area contributed by atoms with E-state index >= 15 is 0 Å². The van der Waals surface area contributed by atoms with Crippen LogP contribution in [0, 0.1) is 0 Å². The summed E-state index contributed by atoms with van der Waals surface area (Å²) in [6, 6.07) is 11.7. The van der Waals surface area contributed by atoms with Crippen molar-refractivity contribution in [3.05, 3.63) is 70.0 Å². The number of carbonyl (C=O) groups excluding carboxylic acids is 2. The molecule has 2 amide bonds. The van der Waals surface area contributed by atoms with Gasteiger partial charge in [0.15, 0.2) is 5.16 Å². The van der Waals surface area contributed by atoms with Gasteiger partial charge in [0, 0.05) is 18.3 Å². The van der Waals surface area contributed by atoms with E-state index in [1.807, 2.05) is 13.0 Å². The second-order valence-corrected chi connectivity index (χ2v) is 8.27. The quantitative estimate of drug-likeness (QED) is 0.508. The van der Waals surface area contributed by atoms with Crippen LogP contribution >= 0.6 is 35.0 Å². The Kier molecular flexibility index (Phi) is 7.36. The van der Waals surface area contributed by atoms with Crippen LogP contribution in [0.2, 0.25) is 10.0 Å². The predicted molar refractivity (Wildman–Crippen MR) is 119 cm³/mol. The summed E-state index contributed by atoms with van der Waals surface area (Å²) in [5.74, 6) is -0.292. The molecule has 0 saturated carbocycles. The van der Waals surface area contributed by atoms with Gasteiger partial charge in [0.05, 0.1) is 21.8 Å². The van der Waals surface area contributed by atoms with Crippen molar-refractivity contribution < 1.29 is 9.59 Å². The van der Waals surface area contributed by atoms with E-state index in [4.69, 9.17) is 23.2 Å². The number of carbonyl (C=O) groups is 2. The summed E-state index contributed by atoms with van der Waals surface area (Å²) < 4.78 is 1.73. The molecule has 3 aromatic rings. The average molecular weight is 464 g/mol. The molecule has 0 radical (unpaired) electrons. The summed E-state index contributed by atoms with van der Waals surface area (Å²) in [6.07, 6.45) is 1.57. The molecule has 2 aromatic carbocycles. The van der Waals surface area contributed by atoms with Crippen LogP contribution in [0.25, 0.3) is 0 Å². The van der Waals surface area contributed by atoms with E-state index in [-0.39, 0.29) is 23.6 Å². The fourth-order valence-corrected chi connectivity index (χ4v) is 3.61. The molecule has 1 aromatic heterocycles. The van der Waals surface area contributed by atoms with E-state index in [1.54, 1.807) is 54.3 Å². The monoisotopic (exact) mass is 463 g/mol. The van der Waals surface area contributed by atoms with Crippen LogP contribution in [0.5, 0.6) is 0 Å². The first-order chi connectivity index (χ1) is 14.3. The molecule has 0 spiro atoms. The molecule has 1 heterocycles. The van der Waals surface area contributed by atoms with Crippen LogP contribution in [-0.4, -0.2) is 32.3 Å². The fraction of sp³-hybridized carbons (Fsp3) is 0.200. The van der Waals surface area contributed by atoms with Gasteiger partial charge >= 0.3 is 0 Å². The summed E-state index contributed by atoms with van der Waals surface area (Å²) in [4.78, 5) is 24.8. The highest BCUT2D eigenvalue weighted by Crippen LogP contribution is 2.25. The summed E-state index contributed by atoms with van der Waals surface area (Å²) >= 11 is 13.3. The lowest BCUT2D eigenvalue weighted by atomic mass is 10.1. The third kappa shape index (κ3) is 5.75. The van der Waals surface area contributed by atoms with Gasteiger partial charge in [0.1, 0.15) is 6.33 Å². The highest BCUT2D eigenvalue weighted by Gasteiger charge is 2.14. The van der Waals surface area contributed by atoms with Crippen LogP contribution in [0.3, 0.4) is 0 Å². The Labute approximate surface area is 188 Å². The molecule has 156 valence electrons. The third-order valence-corrected chi connectivity index (χ3v) is 5.98. The minimum Gasteiger partial charge on any atom is -0.346 e. The van der Waals surface area contributed by atoms with Crippen LogP contribution in [0.4, 0.5) is 5.69 Å². The molecule has 0 bridgehead atoms. The van der Waals surface area contributed by atoms with Crippen molar-refractivity contribution >= 4 is 52.5 Å². The largest absolute Gasteiger partial charge is 0.346 e. The van der Waals surface area contributed by atoms with Crippen molar-refractivity contribution in [3.8, 4) is 0 Å². The number of hydrogen-bond acceptors (Lipinski definition) is 5. The minimum absolute atomic E-state index is 0.178. The molecule has 2 N–H and O–H groups in total. The van der Waals surface area contributed by atoms with Gasteiger partial charge in [-0.05, 0) is 42.8 Å². The molecule has 30 heavy (non-hydrogen) atoms. The van der Waals surface area contributed by atoms with Gasteiger partial charge in [-0.25, -0.2) is 0 Å². The van der Waals surface area contributed by atoms with Gasteiger partial charge in [-0.3, -0.25) is 9.59 Å². The number of nitrogens with one attached hydrogen (secondary N) is 2. The van der Waals surface area contributed by atoms with Gasteiger partial charge in [-0.1, -0.05) is 47.1 Å². The van der Waals surface area contributed by atoms with E-state index in [9.17, 15) is 9.59 Å². The molecule has 0 fully saturated rings. The Morgan fingerprint density at radius 2 is 1.97 bits per heavy atom. The Morgan fingerprint density at radius 3 is 2.67 bits per heavy atom. The molecule has 10 heteroatoms. The van der Waals surface area contributed by atoms with Gasteiger partial charge < -0.3 is 15.2 Å². The van der Waals surface area contributed by atoms with E-state index in [0.717, 1.165) is 5.56 Å². The lowest BCUT2D eigenvalue weighted by molar-refractivity contribution is -0.113. The van der Waals surface area contributed by atoms with Crippen LogP contribution in [0.15, 0.2) is 53.9 Å². The molecular formula is C20H19Cl2N5O2S.